The van der Waals surface area contributed by atoms with E-state index >= 15 is 0 Å². The van der Waals surface area contributed by atoms with Gasteiger partial charge in [0, 0.05) is 12.3 Å². The van der Waals surface area contributed by atoms with Crippen molar-refractivity contribution in [3.63, 3.8) is 0 Å². The largest absolute Gasteiger partial charge is 0.337 e. The van der Waals surface area contributed by atoms with E-state index in [0.717, 1.165) is 0 Å². The Balaban J connectivity index is 2.24. The van der Waals surface area contributed by atoms with E-state index in [4.69, 9.17) is 0 Å². The lowest BCUT2D eigenvalue weighted by Gasteiger charge is -2.04. The van der Waals surface area contributed by atoms with Crippen LogP contribution in [0.2, 0.25) is 0 Å². The average molecular weight is 187 g/mol. The van der Waals surface area contributed by atoms with Crippen LogP contribution in [-0.2, 0) is 0 Å². The summed E-state index contributed by atoms with van der Waals surface area (Å²) in [5.74, 6) is 0.212. The van der Waals surface area contributed by atoms with Crippen LogP contribution in [0, 0.1) is 11.9 Å². The van der Waals surface area contributed by atoms with Crippen molar-refractivity contribution in [1.29, 1.82) is 0 Å². The van der Waals surface area contributed by atoms with E-state index in [1.807, 2.05) is 0 Å². The maximum atomic E-state index is 13.2. The second-order valence-corrected chi connectivity index (χ2v) is 2.74. The third kappa shape index (κ3) is 1.88. The third-order valence-electron chi connectivity index (χ3n) is 1.73. The minimum Gasteiger partial charge on any atom is -0.337 e. The third-order valence-corrected chi connectivity index (χ3v) is 1.73. The van der Waals surface area contributed by atoms with Crippen molar-refractivity contribution in [2.45, 2.75) is 0 Å². The summed E-state index contributed by atoms with van der Waals surface area (Å²) in [6, 6.07) is 12.8. The van der Waals surface area contributed by atoms with E-state index in [1.54, 1.807) is 36.5 Å². The van der Waals surface area contributed by atoms with E-state index in [9.17, 15) is 4.39 Å². The van der Waals surface area contributed by atoms with Gasteiger partial charge in [0.05, 0.1) is 5.69 Å². The molecule has 1 heterocycles. The summed E-state index contributed by atoms with van der Waals surface area (Å²) in [6.45, 7) is 0. The summed E-state index contributed by atoms with van der Waals surface area (Å²) < 4.78 is 13.2. The van der Waals surface area contributed by atoms with Gasteiger partial charge < -0.3 is 5.32 Å². The fourth-order valence-corrected chi connectivity index (χ4v) is 1.08. The number of nitrogens with one attached hydrogen (secondary N) is 1. The van der Waals surface area contributed by atoms with Gasteiger partial charge in [0.15, 0.2) is 0 Å². The number of hydrogen-bond acceptors (Lipinski definition) is 2. The number of hydrogen-bond donors (Lipinski definition) is 1. The Morgan fingerprint density at radius 1 is 1.21 bits per heavy atom. The van der Waals surface area contributed by atoms with E-state index < -0.39 is 0 Å². The lowest BCUT2D eigenvalue weighted by Crippen LogP contribution is -1.95. The Kier molecular flexibility index (Phi) is 2.40. The number of rotatable bonds is 2. The molecule has 0 aliphatic heterocycles. The highest BCUT2D eigenvalue weighted by Gasteiger charge is 2.00. The van der Waals surface area contributed by atoms with Crippen molar-refractivity contribution in [3.05, 3.63) is 54.5 Å². The quantitative estimate of drug-likeness (QED) is 0.781. The molecule has 0 bridgehead atoms. The zero-order valence-corrected chi connectivity index (χ0v) is 7.37. The molecule has 1 radical (unpaired) electrons. The Bertz CT molecular complexity index is 415. The predicted octanol–water partition coefficient (Wildman–Crippen LogP) is 2.76. The molecule has 0 saturated carbocycles. The topological polar surface area (TPSA) is 24.9 Å². The van der Waals surface area contributed by atoms with Crippen molar-refractivity contribution in [2.24, 2.45) is 0 Å². The monoisotopic (exact) mass is 187 g/mol. The van der Waals surface area contributed by atoms with E-state index in [1.165, 1.54) is 6.07 Å². The molecule has 2 aromatic rings. The van der Waals surface area contributed by atoms with Crippen molar-refractivity contribution < 1.29 is 4.39 Å². The molecule has 1 N–H and O–H groups in total. The molecular weight excluding hydrogens is 179 g/mol. The molecule has 0 fully saturated rings. The first kappa shape index (κ1) is 8.69. The van der Waals surface area contributed by atoms with Crippen LogP contribution in [-0.4, -0.2) is 4.98 Å². The van der Waals surface area contributed by atoms with E-state index in [2.05, 4.69) is 16.4 Å². The number of para-hydroxylation sites is 1. The number of halogens is 1. The smallest absolute Gasteiger partial charge is 0.146 e. The molecule has 2 nitrogen and oxygen atoms in total. The van der Waals surface area contributed by atoms with Gasteiger partial charge in [-0.2, -0.15) is 0 Å². The summed E-state index contributed by atoms with van der Waals surface area (Å²) in [5.41, 5.74) is 0.405. The fraction of sp³-hybridized carbons (Fsp3) is 0. The van der Waals surface area contributed by atoms with Crippen LogP contribution in [0.5, 0.6) is 0 Å². The van der Waals surface area contributed by atoms with Gasteiger partial charge in [-0.15, -0.1) is 0 Å². The number of benzene rings is 1. The highest BCUT2D eigenvalue weighted by Crippen LogP contribution is 2.16. The number of pyridine rings is 1. The summed E-state index contributed by atoms with van der Waals surface area (Å²) in [6.07, 6.45) is 1.62. The highest BCUT2D eigenvalue weighted by atomic mass is 19.1. The van der Waals surface area contributed by atoms with Crippen molar-refractivity contribution in [1.82, 2.24) is 4.98 Å². The van der Waals surface area contributed by atoms with Gasteiger partial charge in [-0.1, -0.05) is 12.1 Å². The molecule has 69 valence electrons. The van der Waals surface area contributed by atoms with Crippen LogP contribution in [0.25, 0.3) is 0 Å². The van der Waals surface area contributed by atoms with Crippen molar-refractivity contribution in [3.8, 4) is 0 Å². The van der Waals surface area contributed by atoms with Gasteiger partial charge in [0.2, 0.25) is 0 Å². The number of anilines is 2. The van der Waals surface area contributed by atoms with E-state index in [-0.39, 0.29) is 5.82 Å². The molecule has 0 saturated heterocycles. The van der Waals surface area contributed by atoms with Gasteiger partial charge in [-0.25, -0.2) is 9.37 Å². The van der Waals surface area contributed by atoms with Crippen LogP contribution in [0.4, 0.5) is 15.9 Å². The molecule has 0 aliphatic carbocycles. The van der Waals surface area contributed by atoms with Crippen LogP contribution < -0.4 is 5.32 Å². The van der Waals surface area contributed by atoms with Crippen molar-refractivity contribution in [2.75, 3.05) is 5.32 Å². The Morgan fingerprint density at radius 3 is 2.79 bits per heavy atom. The van der Waals surface area contributed by atoms with Gasteiger partial charge in [0.1, 0.15) is 11.6 Å². The molecule has 0 aliphatic rings. The summed E-state index contributed by atoms with van der Waals surface area (Å²) >= 11 is 0. The maximum absolute atomic E-state index is 13.2. The predicted molar refractivity (Wildman–Crippen MR) is 52.8 cm³/mol. The molecule has 1 aromatic carbocycles. The molecular formula is C11H8FN2. The maximum Gasteiger partial charge on any atom is 0.146 e. The summed E-state index contributed by atoms with van der Waals surface area (Å²) in [7, 11) is 0. The van der Waals surface area contributed by atoms with Crippen LogP contribution in [0.15, 0.2) is 42.6 Å². The zero-order chi connectivity index (χ0) is 9.80. The zero-order valence-electron chi connectivity index (χ0n) is 7.37. The second kappa shape index (κ2) is 3.87. The average Bonchev–Trinajstić information content (AvgIpc) is 2.23. The van der Waals surface area contributed by atoms with Crippen molar-refractivity contribution >= 4 is 11.5 Å². The Morgan fingerprint density at radius 2 is 2.07 bits per heavy atom. The Hall–Kier alpha value is -1.90. The summed E-state index contributed by atoms with van der Waals surface area (Å²) in [4.78, 5) is 3.98. The molecule has 0 spiro atoms. The fourth-order valence-electron chi connectivity index (χ4n) is 1.08. The molecule has 0 amide bonds. The van der Waals surface area contributed by atoms with Gasteiger partial charge >= 0.3 is 0 Å². The minimum atomic E-state index is -0.299. The van der Waals surface area contributed by atoms with Gasteiger partial charge in [-0.05, 0) is 24.3 Å². The second-order valence-electron chi connectivity index (χ2n) is 2.74. The highest BCUT2D eigenvalue weighted by molar-refractivity contribution is 5.55. The first-order valence-electron chi connectivity index (χ1n) is 4.20. The minimum absolute atomic E-state index is 0.299. The molecule has 0 atom stereocenters. The number of aromatic nitrogens is 1. The molecule has 14 heavy (non-hydrogen) atoms. The van der Waals surface area contributed by atoms with Crippen LogP contribution in [0.1, 0.15) is 0 Å². The normalized spacial score (nSPS) is 9.79. The first-order chi connectivity index (χ1) is 6.86. The van der Waals surface area contributed by atoms with Crippen LogP contribution in [0.3, 0.4) is 0 Å². The van der Waals surface area contributed by atoms with Gasteiger partial charge in [-0.3, -0.25) is 0 Å². The molecule has 2 rings (SSSR count). The Labute approximate surface area is 81.4 Å². The standard InChI is InChI=1S/C11H8FN2/c12-9-5-1-2-6-10(9)14-11-7-3-4-8-13-11/h1-6,8H,(H,13,14). The lowest BCUT2D eigenvalue weighted by molar-refractivity contribution is 0.632. The first-order valence-corrected chi connectivity index (χ1v) is 4.20. The van der Waals surface area contributed by atoms with E-state index in [0.29, 0.717) is 11.5 Å². The van der Waals surface area contributed by atoms with Crippen LogP contribution >= 0.6 is 0 Å². The SMILES string of the molecule is Fc1ccccc1Nc1[c]cccn1. The number of nitrogens with zero attached hydrogens (tertiary/aromatic N) is 1. The molecule has 0 unspecified atom stereocenters. The van der Waals surface area contributed by atoms with Gasteiger partial charge in [0.25, 0.3) is 0 Å². The molecule has 3 heteroatoms. The summed E-state index contributed by atoms with van der Waals surface area (Å²) in [5, 5.41) is 2.83. The lowest BCUT2D eigenvalue weighted by atomic mass is 10.3. The molecule has 1 aromatic heterocycles.